The number of carbonyl (C=O) groups is 4. The minimum atomic E-state index is -0.741. The largest absolute Gasteiger partial charge is 0.465 e. The summed E-state index contributed by atoms with van der Waals surface area (Å²) < 4.78 is 4.69. The van der Waals surface area contributed by atoms with E-state index in [9.17, 15) is 19.2 Å². The molecular formula is C26H20ClN3O5. The highest BCUT2D eigenvalue weighted by atomic mass is 35.5. The van der Waals surface area contributed by atoms with Crippen molar-refractivity contribution in [3.63, 3.8) is 0 Å². The first-order valence-electron chi connectivity index (χ1n) is 10.5. The fraction of sp³-hybridized carbons (Fsp3) is 0.0769. The van der Waals surface area contributed by atoms with E-state index >= 15 is 0 Å². The summed E-state index contributed by atoms with van der Waals surface area (Å²) in [5.41, 5.74) is 2.59. The lowest BCUT2D eigenvalue weighted by Crippen LogP contribution is -2.32. The second-order valence-electron chi connectivity index (χ2n) is 7.71. The molecular weight excluding hydrogens is 470 g/mol. The van der Waals surface area contributed by atoms with Gasteiger partial charge in [-0.15, -0.1) is 0 Å². The molecule has 1 heterocycles. The van der Waals surface area contributed by atoms with Crippen molar-refractivity contribution < 1.29 is 23.9 Å². The van der Waals surface area contributed by atoms with Crippen LogP contribution in [0.25, 0.3) is 0 Å². The van der Waals surface area contributed by atoms with E-state index in [1.165, 1.54) is 31.4 Å². The van der Waals surface area contributed by atoms with E-state index in [0.29, 0.717) is 16.9 Å². The molecule has 0 bridgehead atoms. The predicted molar refractivity (Wildman–Crippen MR) is 132 cm³/mol. The van der Waals surface area contributed by atoms with Crippen LogP contribution in [0.1, 0.15) is 26.3 Å². The third-order valence-corrected chi connectivity index (χ3v) is 5.57. The Hall–Kier alpha value is -4.43. The van der Waals surface area contributed by atoms with Crippen molar-refractivity contribution in [2.45, 2.75) is 6.92 Å². The Balaban J connectivity index is 1.55. The van der Waals surface area contributed by atoms with Crippen LogP contribution in [0, 0.1) is 6.92 Å². The fourth-order valence-corrected chi connectivity index (χ4v) is 3.76. The molecule has 1 aliphatic rings. The van der Waals surface area contributed by atoms with E-state index < -0.39 is 17.8 Å². The van der Waals surface area contributed by atoms with Crippen molar-refractivity contribution in [3.05, 3.63) is 100 Å². The number of hydrogen-bond donors (Lipinski definition) is 2. The Morgan fingerprint density at radius 1 is 0.857 bits per heavy atom. The van der Waals surface area contributed by atoms with Crippen molar-refractivity contribution in [1.82, 2.24) is 0 Å². The Labute approximate surface area is 206 Å². The molecule has 0 saturated carbocycles. The van der Waals surface area contributed by atoms with Gasteiger partial charge in [0.2, 0.25) is 0 Å². The zero-order valence-corrected chi connectivity index (χ0v) is 19.6. The van der Waals surface area contributed by atoms with Gasteiger partial charge in [0.15, 0.2) is 0 Å². The summed E-state index contributed by atoms with van der Waals surface area (Å²) in [6.07, 6.45) is 0. The monoisotopic (exact) mass is 489 g/mol. The second kappa shape index (κ2) is 9.82. The van der Waals surface area contributed by atoms with Gasteiger partial charge < -0.3 is 15.4 Å². The number of rotatable bonds is 6. The Kier molecular flexibility index (Phi) is 6.66. The first-order chi connectivity index (χ1) is 16.8. The van der Waals surface area contributed by atoms with Crippen LogP contribution >= 0.6 is 11.6 Å². The summed E-state index contributed by atoms with van der Waals surface area (Å²) >= 11 is 6.21. The van der Waals surface area contributed by atoms with E-state index in [0.717, 1.165) is 10.5 Å². The summed E-state index contributed by atoms with van der Waals surface area (Å²) in [5, 5.41) is 5.36. The van der Waals surface area contributed by atoms with Crippen LogP contribution in [0.15, 0.2) is 83.5 Å². The number of imide groups is 1. The molecule has 35 heavy (non-hydrogen) atoms. The molecule has 176 valence electrons. The molecule has 0 spiro atoms. The van der Waals surface area contributed by atoms with Gasteiger partial charge in [-0.3, -0.25) is 14.4 Å². The first kappa shape index (κ1) is 23.7. The Bertz CT molecular complexity index is 1400. The molecule has 0 fully saturated rings. The SMILES string of the molecule is COC(=O)c1cccc(N2C(=O)C(Cl)=C(Nc3cccc(C(=O)Nc4cccc(C)c4)c3)C2=O)c1. The number of hydrogen-bond acceptors (Lipinski definition) is 6. The molecule has 4 rings (SSSR count). The van der Waals surface area contributed by atoms with Crippen molar-refractivity contribution in [2.75, 3.05) is 22.6 Å². The highest BCUT2D eigenvalue weighted by Gasteiger charge is 2.39. The van der Waals surface area contributed by atoms with Crippen LogP contribution in [-0.4, -0.2) is 30.8 Å². The summed E-state index contributed by atoms with van der Waals surface area (Å²) in [6.45, 7) is 1.92. The molecule has 8 nitrogen and oxygen atoms in total. The maximum absolute atomic E-state index is 13.1. The standard InChI is InChI=1S/C26H20ClN3O5/c1-15-6-3-9-18(12-15)29-23(31)16-7-4-10-19(13-16)28-22-21(27)24(32)30(25(22)33)20-11-5-8-17(14-20)26(34)35-2/h3-14,28H,1-2H3,(H,29,31). The summed E-state index contributed by atoms with van der Waals surface area (Å²) in [7, 11) is 1.23. The lowest BCUT2D eigenvalue weighted by atomic mass is 10.1. The number of anilines is 3. The average molecular weight is 490 g/mol. The summed E-state index contributed by atoms with van der Waals surface area (Å²) in [4.78, 5) is 51.3. The van der Waals surface area contributed by atoms with Gasteiger partial charge in [-0.1, -0.05) is 35.9 Å². The third-order valence-electron chi connectivity index (χ3n) is 5.22. The third kappa shape index (κ3) is 4.92. The minimum absolute atomic E-state index is 0.142. The number of aryl methyl sites for hydroxylation is 1. The van der Waals surface area contributed by atoms with Crippen LogP contribution in [-0.2, 0) is 14.3 Å². The second-order valence-corrected chi connectivity index (χ2v) is 8.08. The predicted octanol–water partition coefficient (Wildman–Crippen LogP) is 4.47. The molecule has 0 unspecified atom stereocenters. The number of ether oxygens (including phenoxy) is 1. The normalized spacial score (nSPS) is 13.2. The van der Waals surface area contributed by atoms with Crippen LogP contribution < -0.4 is 15.5 Å². The van der Waals surface area contributed by atoms with E-state index in [-0.39, 0.29) is 27.9 Å². The minimum Gasteiger partial charge on any atom is -0.465 e. The maximum atomic E-state index is 13.1. The number of esters is 1. The lowest BCUT2D eigenvalue weighted by Gasteiger charge is -2.16. The summed E-state index contributed by atoms with van der Waals surface area (Å²) in [5.74, 6) is -2.38. The number of methoxy groups -OCH3 is 1. The van der Waals surface area contributed by atoms with Gasteiger partial charge >= 0.3 is 5.97 Å². The molecule has 0 saturated heterocycles. The van der Waals surface area contributed by atoms with Gasteiger partial charge in [0.05, 0.1) is 18.4 Å². The zero-order chi connectivity index (χ0) is 25.1. The zero-order valence-electron chi connectivity index (χ0n) is 18.8. The van der Waals surface area contributed by atoms with E-state index in [1.54, 1.807) is 30.3 Å². The number of halogens is 1. The van der Waals surface area contributed by atoms with Gasteiger partial charge in [0, 0.05) is 16.9 Å². The molecule has 2 N–H and O–H groups in total. The van der Waals surface area contributed by atoms with Crippen LogP contribution in [0.3, 0.4) is 0 Å². The maximum Gasteiger partial charge on any atom is 0.337 e. The number of nitrogens with one attached hydrogen (secondary N) is 2. The van der Waals surface area contributed by atoms with Gasteiger partial charge in [0.1, 0.15) is 10.7 Å². The van der Waals surface area contributed by atoms with E-state index in [4.69, 9.17) is 16.3 Å². The van der Waals surface area contributed by atoms with Gasteiger partial charge in [0.25, 0.3) is 17.7 Å². The van der Waals surface area contributed by atoms with Crippen LogP contribution in [0.5, 0.6) is 0 Å². The van der Waals surface area contributed by atoms with Crippen molar-refractivity contribution in [2.24, 2.45) is 0 Å². The smallest absolute Gasteiger partial charge is 0.337 e. The van der Waals surface area contributed by atoms with Crippen molar-refractivity contribution in [3.8, 4) is 0 Å². The molecule has 9 heteroatoms. The van der Waals surface area contributed by atoms with Gasteiger partial charge in [-0.2, -0.15) is 0 Å². The molecule has 3 amide bonds. The molecule has 1 aliphatic heterocycles. The molecule has 0 aliphatic carbocycles. The molecule has 0 radical (unpaired) electrons. The average Bonchev–Trinajstić information content (AvgIpc) is 3.06. The van der Waals surface area contributed by atoms with Gasteiger partial charge in [-0.05, 0) is 61.0 Å². The van der Waals surface area contributed by atoms with Crippen LogP contribution in [0.2, 0.25) is 0 Å². The Morgan fingerprint density at radius 2 is 1.54 bits per heavy atom. The number of carbonyl (C=O) groups excluding carboxylic acids is 4. The van der Waals surface area contributed by atoms with E-state index in [2.05, 4.69) is 10.6 Å². The van der Waals surface area contributed by atoms with E-state index in [1.807, 2.05) is 25.1 Å². The highest BCUT2D eigenvalue weighted by Crippen LogP contribution is 2.31. The number of benzene rings is 3. The van der Waals surface area contributed by atoms with Crippen LogP contribution in [0.4, 0.5) is 17.1 Å². The number of amides is 3. The summed E-state index contributed by atoms with van der Waals surface area (Å²) in [6, 6.07) is 19.7. The van der Waals surface area contributed by atoms with Crippen molar-refractivity contribution >= 4 is 52.4 Å². The Morgan fingerprint density at radius 3 is 2.29 bits per heavy atom. The molecule has 0 atom stereocenters. The fourth-order valence-electron chi connectivity index (χ4n) is 3.54. The lowest BCUT2D eigenvalue weighted by molar-refractivity contribution is -0.120. The first-order valence-corrected chi connectivity index (χ1v) is 10.9. The molecule has 3 aromatic carbocycles. The number of nitrogens with zero attached hydrogens (tertiary/aromatic N) is 1. The quantitative estimate of drug-likeness (QED) is 0.391. The topological polar surface area (TPSA) is 105 Å². The molecule has 3 aromatic rings. The van der Waals surface area contributed by atoms with Crippen molar-refractivity contribution in [1.29, 1.82) is 0 Å². The molecule has 0 aromatic heterocycles. The highest BCUT2D eigenvalue weighted by molar-refractivity contribution is 6.53. The van der Waals surface area contributed by atoms with Gasteiger partial charge in [-0.25, -0.2) is 9.69 Å².